The van der Waals surface area contributed by atoms with Crippen LogP contribution in [0, 0.1) is 0 Å². The molecule has 0 radical (unpaired) electrons. The molecule has 0 spiro atoms. The van der Waals surface area contributed by atoms with Crippen molar-refractivity contribution in [2.75, 3.05) is 5.75 Å². The third-order valence-electron chi connectivity index (χ3n) is 3.18. The Bertz CT molecular complexity index is 652. The Morgan fingerprint density at radius 3 is 2.35 bits per heavy atom. The van der Waals surface area contributed by atoms with Gasteiger partial charge in [-0.3, -0.25) is 4.98 Å². The second-order valence-corrected chi connectivity index (χ2v) is 6.98. The SMILES string of the molecule is CC(O)(CCS(=O)(=O)c1ccccc1)c1ccccn1. The van der Waals surface area contributed by atoms with E-state index in [1.165, 1.54) is 0 Å². The molecule has 0 bridgehead atoms. The van der Waals surface area contributed by atoms with Gasteiger partial charge in [-0.2, -0.15) is 0 Å². The lowest BCUT2D eigenvalue weighted by atomic mass is 9.99. The van der Waals surface area contributed by atoms with Crippen LogP contribution in [0.25, 0.3) is 0 Å². The van der Waals surface area contributed by atoms with Crippen molar-refractivity contribution < 1.29 is 13.5 Å². The monoisotopic (exact) mass is 291 g/mol. The van der Waals surface area contributed by atoms with Crippen LogP contribution in [0.2, 0.25) is 0 Å². The van der Waals surface area contributed by atoms with Crippen LogP contribution in [0.5, 0.6) is 0 Å². The molecule has 0 saturated carbocycles. The second-order valence-electron chi connectivity index (χ2n) is 4.87. The van der Waals surface area contributed by atoms with Gasteiger partial charge < -0.3 is 5.11 Å². The Balaban J connectivity index is 2.12. The average molecular weight is 291 g/mol. The van der Waals surface area contributed by atoms with Crippen molar-refractivity contribution in [1.82, 2.24) is 4.98 Å². The maximum absolute atomic E-state index is 12.2. The molecule has 2 aromatic rings. The molecular weight excluding hydrogens is 274 g/mol. The van der Waals surface area contributed by atoms with E-state index in [-0.39, 0.29) is 17.1 Å². The summed E-state index contributed by atoms with van der Waals surface area (Å²) in [4.78, 5) is 4.35. The lowest BCUT2D eigenvalue weighted by molar-refractivity contribution is 0.0493. The van der Waals surface area contributed by atoms with E-state index in [0.29, 0.717) is 5.69 Å². The third kappa shape index (κ3) is 3.43. The Labute approximate surface area is 119 Å². The summed E-state index contributed by atoms with van der Waals surface area (Å²) < 4.78 is 24.4. The number of sulfone groups is 1. The van der Waals surface area contributed by atoms with Gasteiger partial charge in [0.15, 0.2) is 9.84 Å². The molecule has 1 aromatic carbocycles. The molecule has 1 unspecified atom stereocenters. The molecule has 0 amide bonds. The van der Waals surface area contributed by atoms with Gasteiger partial charge >= 0.3 is 0 Å². The number of hydrogen-bond donors (Lipinski definition) is 1. The molecule has 0 saturated heterocycles. The maximum Gasteiger partial charge on any atom is 0.178 e. The molecule has 1 heterocycles. The van der Waals surface area contributed by atoms with E-state index in [2.05, 4.69) is 4.98 Å². The van der Waals surface area contributed by atoms with E-state index in [0.717, 1.165) is 0 Å². The van der Waals surface area contributed by atoms with Gasteiger partial charge in [0.25, 0.3) is 0 Å². The summed E-state index contributed by atoms with van der Waals surface area (Å²) in [5.41, 5.74) is -0.786. The Kier molecular flexibility index (Phi) is 4.20. The topological polar surface area (TPSA) is 67.3 Å². The molecule has 1 atom stereocenters. The van der Waals surface area contributed by atoms with Crippen LogP contribution in [0.15, 0.2) is 59.6 Å². The first-order valence-corrected chi connectivity index (χ1v) is 7.99. The molecular formula is C15H17NO3S. The van der Waals surface area contributed by atoms with Crippen molar-refractivity contribution in [3.8, 4) is 0 Å². The molecule has 0 fully saturated rings. The standard InChI is InChI=1S/C15H17NO3S/c1-15(17,14-9-5-6-11-16-14)10-12-20(18,19)13-7-3-2-4-8-13/h2-9,11,17H,10,12H2,1H3. The van der Waals surface area contributed by atoms with Crippen LogP contribution in [0.3, 0.4) is 0 Å². The zero-order valence-electron chi connectivity index (χ0n) is 11.2. The van der Waals surface area contributed by atoms with Crippen LogP contribution in [0.4, 0.5) is 0 Å². The quantitative estimate of drug-likeness (QED) is 0.916. The fourth-order valence-corrected chi connectivity index (χ4v) is 3.36. The van der Waals surface area contributed by atoms with Crippen molar-refractivity contribution >= 4 is 9.84 Å². The van der Waals surface area contributed by atoms with Crippen LogP contribution in [-0.4, -0.2) is 24.3 Å². The fraction of sp³-hybridized carbons (Fsp3) is 0.267. The first kappa shape index (κ1) is 14.7. The van der Waals surface area contributed by atoms with E-state index in [9.17, 15) is 13.5 Å². The van der Waals surface area contributed by atoms with Gasteiger partial charge in [-0.25, -0.2) is 8.42 Å². The fourth-order valence-electron chi connectivity index (χ4n) is 1.89. The van der Waals surface area contributed by atoms with Crippen molar-refractivity contribution in [1.29, 1.82) is 0 Å². The second kappa shape index (κ2) is 5.73. The van der Waals surface area contributed by atoms with Crippen LogP contribution in [0.1, 0.15) is 19.0 Å². The summed E-state index contributed by atoms with van der Waals surface area (Å²) in [6.07, 6.45) is 1.68. The van der Waals surface area contributed by atoms with Crippen molar-refractivity contribution in [3.05, 3.63) is 60.4 Å². The van der Waals surface area contributed by atoms with Crippen LogP contribution >= 0.6 is 0 Å². The van der Waals surface area contributed by atoms with Gasteiger partial charge in [0.05, 0.1) is 16.3 Å². The van der Waals surface area contributed by atoms with E-state index in [4.69, 9.17) is 0 Å². The zero-order chi connectivity index (χ0) is 14.6. The average Bonchev–Trinajstić information content (AvgIpc) is 2.47. The Hall–Kier alpha value is -1.72. The molecule has 0 aliphatic carbocycles. The Morgan fingerprint density at radius 1 is 1.10 bits per heavy atom. The predicted molar refractivity (Wildman–Crippen MR) is 76.9 cm³/mol. The first-order chi connectivity index (χ1) is 9.42. The number of rotatable bonds is 5. The van der Waals surface area contributed by atoms with E-state index in [1.807, 2.05) is 0 Å². The van der Waals surface area contributed by atoms with Crippen LogP contribution < -0.4 is 0 Å². The molecule has 20 heavy (non-hydrogen) atoms. The predicted octanol–water partition coefficient (Wildman–Crippen LogP) is 2.15. The highest BCUT2D eigenvalue weighted by Crippen LogP contribution is 2.24. The van der Waals surface area contributed by atoms with Gasteiger partial charge in [0.1, 0.15) is 5.60 Å². The number of nitrogens with zero attached hydrogens (tertiary/aromatic N) is 1. The Morgan fingerprint density at radius 2 is 1.75 bits per heavy atom. The first-order valence-electron chi connectivity index (χ1n) is 6.33. The van der Waals surface area contributed by atoms with Crippen molar-refractivity contribution in [3.63, 3.8) is 0 Å². The van der Waals surface area contributed by atoms with E-state index >= 15 is 0 Å². The number of aliphatic hydroxyl groups is 1. The third-order valence-corrected chi connectivity index (χ3v) is 4.91. The van der Waals surface area contributed by atoms with Gasteiger partial charge in [-0.1, -0.05) is 24.3 Å². The number of benzene rings is 1. The molecule has 1 N–H and O–H groups in total. The summed E-state index contributed by atoms with van der Waals surface area (Å²) in [5.74, 6) is -0.124. The minimum atomic E-state index is -3.39. The molecule has 1 aromatic heterocycles. The minimum Gasteiger partial charge on any atom is -0.384 e. The molecule has 106 valence electrons. The van der Waals surface area contributed by atoms with E-state index in [1.54, 1.807) is 61.7 Å². The van der Waals surface area contributed by atoms with Gasteiger partial charge in [-0.05, 0) is 37.6 Å². The van der Waals surface area contributed by atoms with Crippen LogP contribution in [-0.2, 0) is 15.4 Å². The summed E-state index contributed by atoms with van der Waals surface area (Å²) in [5, 5.41) is 10.4. The molecule has 4 nitrogen and oxygen atoms in total. The number of aromatic nitrogens is 1. The van der Waals surface area contributed by atoms with Gasteiger partial charge in [0, 0.05) is 6.20 Å². The van der Waals surface area contributed by atoms with E-state index < -0.39 is 15.4 Å². The molecule has 0 aliphatic heterocycles. The van der Waals surface area contributed by atoms with Gasteiger partial charge in [0.2, 0.25) is 0 Å². The lowest BCUT2D eigenvalue weighted by Crippen LogP contribution is -2.26. The van der Waals surface area contributed by atoms with Crippen molar-refractivity contribution in [2.45, 2.75) is 23.8 Å². The lowest BCUT2D eigenvalue weighted by Gasteiger charge is -2.22. The normalized spacial score (nSPS) is 14.7. The largest absolute Gasteiger partial charge is 0.384 e. The van der Waals surface area contributed by atoms with Gasteiger partial charge in [-0.15, -0.1) is 0 Å². The number of pyridine rings is 1. The smallest absolute Gasteiger partial charge is 0.178 e. The molecule has 5 heteroatoms. The summed E-state index contributed by atoms with van der Waals surface area (Å²) in [6.45, 7) is 1.58. The summed E-state index contributed by atoms with van der Waals surface area (Å²) in [7, 11) is -3.39. The maximum atomic E-state index is 12.2. The highest BCUT2D eigenvalue weighted by atomic mass is 32.2. The summed E-state index contributed by atoms with van der Waals surface area (Å²) >= 11 is 0. The highest BCUT2D eigenvalue weighted by Gasteiger charge is 2.27. The molecule has 0 aliphatic rings. The summed E-state index contributed by atoms with van der Waals surface area (Å²) in [6, 6.07) is 13.5. The number of hydrogen-bond acceptors (Lipinski definition) is 4. The zero-order valence-corrected chi connectivity index (χ0v) is 12.0. The minimum absolute atomic E-state index is 0.0985. The van der Waals surface area contributed by atoms with Crippen molar-refractivity contribution in [2.24, 2.45) is 0 Å². The molecule has 2 rings (SSSR count). The highest BCUT2D eigenvalue weighted by molar-refractivity contribution is 7.91.